The molecule has 0 aliphatic carbocycles. The van der Waals surface area contributed by atoms with Gasteiger partial charge in [0.2, 0.25) is 0 Å². The van der Waals surface area contributed by atoms with Gasteiger partial charge in [-0.15, -0.1) is 0 Å². The Morgan fingerprint density at radius 1 is 1.23 bits per heavy atom. The number of fused-ring (bicyclic) bond motifs is 1. The third kappa shape index (κ3) is 4.07. The van der Waals surface area contributed by atoms with E-state index in [2.05, 4.69) is 30.2 Å². The van der Waals surface area contributed by atoms with Crippen LogP contribution in [0.15, 0.2) is 30.7 Å². The fourth-order valence-electron chi connectivity index (χ4n) is 4.27. The molecule has 1 atom stereocenters. The lowest BCUT2D eigenvalue weighted by atomic mass is 10.00. The standard InChI is InChI=1S/C21H23F2N7O/c1-28-11-14-4-16(5-17(23)20(14)27-28)26-21(31)18-6-25-19(7-24-18)30-9-13(10-30)8-29-3-2-15(22)12-29/h4-7,11,13,15H,2-3,8-10,12H2,1H3,(H,26,31). The number of anilines is 2. The number of carbonyl (C=O) groups is 1. The van der Waals surface area contributed by atoms with Crippen LogP contribution in [0.2, 0.25) is 0 Å². The molecule has 8 nitrogen and oxygen atoms in total. The lowest BCUT2D eigenvalue weighted by Gasteiger charge is -2.41. The van der Waals surface area contributed by atoms with Crippen molar-refractivity contribution in [1.29, 1.82) is 0 Å². The molecule has 1 aromatic carbocycles. The van der Waals surface area contributed by atoms with Crippen LogP contribution in [-0.4, -0.2) is 69.5 Å². The van der Waals surface area contributed by atoms with E-state index in [0.29, 0.717) is 35.8 Å². The van der Waals surface area contributed by atoms with Gasteiger partial charge in [0.1, 0.15) is 23.2 Å². The number of benzene rings is 1. The van der Waals surface area contributed by atoms with Gasteiger partial charge in [-0.25, -0.2) is 18.7 Å². The molecule has 1 N–H and O–H groups in total. The monoisotopic (exact) mass is 427 g/mol. The molecule has 0 saturated carbocycles. The summed E-state index contributed by atoms with van der Waals surface area (Å²) in [6.45, 7) is 3.97. The van der Waals surface area contributed by atoms with Crippen molar-refractivity contribution in [3.8, 4) is 0 Å². The third-order valence-corrected chi connectivity index (χ3v) is 5.82. The molecule has 2 aliphatic rings. The molecular weight excluding hydrogens is 404 g/mol. The number of amides is 1. The van der Waals surface area contributed by atoms with Crippen LogP contribution in [-0.2, 0) is 7.05 Å². The number of halogens is 2. The number of aromatic nitrogens is 4. The molecule has 162 valence electrons. The van der Waals surface area contributed by atoms with E-state index < -0.39 is 17.9 Å². The Kier molecular flexibility index (Phi) is 5.01. The molecule has 4 heterocycles. The molecule has 10 heteroatoms. The van der Waals surface area contributed by atoms with Crippen LogP contribution in [0.25, 0.3) is 10.9 Å². The molecule has 3 aromatic rings. The summed E-state index contributed by atoms with van der Waals surface area (Å²) in [5, 5.41) is 7.31. The first-order chi connectivity index (χ1) is 14.9. The third-order valence-electron chi connectivity index (χ3n) is 5.82. The lowest BCUT2D eigenvalue weighted by Crippen LogP contribution is -2.51. The number of alkyl halides is 1. The van der Waals surface area contributed by atoms with Gasteiger partial charge < -0.3 is 10.2 Å². The summed E-state index contributed by atoms with van der Waals surface area (Å²) in [5.41, 5.74) is 0.738. The molecular formula is C21H23F2N7O. The first-order valence-corrected chi connectivity index (χ1v) is 10.3. The van der Waals surface area contributed by atoms with Gasteiger partial charge in [0, 0.05) is 63.0 Å². The van der Waals surface area contributed by atoms with Crippen molar-refractivity contribution in [1.82, 2.24) is 24.6 Å². The average molecular weight is 427 g/mol. The maximum atomic E-state index is 14.2. The minimum atomic E-state index is -0.691. The highest BCUT2D eigenvalue weighted by Crippen LogP contribution is 2.25. The fraction of sp³-hybridized carbons (Fsp3) is 0.429. The maximum Gasteiger partial charge on any atom is 0.275 e. The zero-order chi connectivity index (χ0) is 21.5. The van der Waals surface area contributed by atoms with E-state index >= 15 is 0 Å². The first kappa shape index (κ1) is 19.8. The number of rotatable bonds is 5. The SMILES string of the molecule is Cn1cc2cc(NC(=O)c3cnc(N4CC(CN5CCC(F)C5)C4)cn3)cc(F)c2n1. The Labute approximate surface area is 177 Å². The van der Waals surface area contributed by atoms with Gasteiger partial charge in [-0.05, 0) is 18.6 Å². The van der Waals surface area contributed by atoms with Crippen molar-refractivity contribution in [2.24, 2.45) is 13.0 Å². The Hall–Kier alpha value is -3.14. The van der Waals surface area contributed by atoms with Gasteiger partial charge in [0.25, 0.3) is 5.91 Å². The zero-order valence-electron chi connectivity index (χ0n) is 17.1. The number of nitrogens with one attached hydrogen (secondary N) is 1. The highest BCUT2D eigenvalue weighted by atomic mass is 19.1. The Morgan fingerprint density at radius 3 is 2.77 bits per heavy atom. The quantitative estimate of drug-likeness (QED) is 0.673. The second-order valence-electron chi connectivity index (χ2n) is 8.33. The van der Waals surface area contributed by atoms with E-state index in [0.717, 1.165) is 26.2 Å². The van der Waals surface area contributed by atoms with Crippen molar-refractivity contribution in [2.75, 3.05) is 42.9 Å². The van der Waals surface area contributed by atoms with Gasteiger partial charge in [-0.2, -0.15) is 5.10 Å². The molecule has 0 spiro atoms. The number of aryl methyl sites for hydroxylation is 1. The van der Waals surface area contributed by atoms with E-state index in [1.54, 1.807) is 25.5 Å². The van der Waals surface area contributed by atoms with E-state index in [4.69, 9.17) is 0 Å². The van der Waals surface area contributed by atoms with Crippen LogP contribution in [0.3, 0.4) is 0 Å². The second-order valence-corrected chi connectivity index (χ2v) is 8.33. The number of carbonyl (C=O) groups excluding carboxylic acids is 1. The van der Waals surface area contributed by atoms with Crippen LogP contribution in [0.5, 0.6) is 0 Å². The van der Waals surface area contributed by atoms with E-state index in [1.165, 1.54) is 16.9 Å². The highest BCUT2D eigenvalue weighted by molar-refractivity contribution is 6.03. The number of nitrogens with zero attached hydrogens (tertiary/aromatic N) is 6. The smallest absolute Gasteiger partial charge is 0.275 e. The predicted molar refractivity (Wildman–Crippen MR) is 112 cm³/mol. The van der Waals surface area contributed by atoms with Crippen molar-refractivity contribution < 1.29 is 13.6 Å². The summed E-state index contributed by atoms with van der Waals surface area (Å²) in [7, 11) is 1.71. The zero-order valence-corrected chi connectivity index (χ0v) is 17.1. The van der Waals surface area contributed by atoms with Crippen molar-refractivity contribution >= 4 is 28.3 Å². The molecule has 2 aliphatic heterocycles. The summed E-state index contributed by atoms with van der Waals surface area (Å²) >= 11 is 0. The van der Waals surface area contributed by atoms with Crippen LogP contribution in [0.4, 0.5) is 20.3 Å². The van der Waals surface area contributed by atoms with E-state index in [1.807, 2.05) is 0 Å². The predicted octanol–water partition coefficient (Wildman–Crippen LogP) is 2.23. The first-order valence-electron chi connectivity index (χ1n) is 10.3. The molecule has 0 bridgehead atoms. The summed E-state index contributed by atoms with van der Waals surface area (Å²) in [4.78, 5) is 25.3. The van der Waals surface area contributed by atoms with Gasteiger partial charge in [0.05, 0.1) is 12.4 Å². The van der Waals surface area contributed by atoms with Gasteiger partial charge in [-0.1, -0.05) is 0 Å². The maximum absolute atomic E-state index is 14.2. The van der Waals surface area contributed by atoms with Gasteiger partial charge in [0.15, 0.2) is 5.82 Å². The highest BCUT2D eigenvalue weighted by Gasteiger charge is 2.32. The number of hydrogen-bond acceptors (Lipinski definition) is 6. The van der Waals surface area contributed by atoms with Crippen LogP contribution < -0.4 is 10.2 Å². The minimum absolute atomic E-state index is 0.151. The summed E-state index contributed by atoms with van der Waals surface area (Å²) in [5.74, 6) is 0.240. The number of hydrogen-bond donors (Lipinski definition) is 1. The molecule has 0 radical (unpaired) electrons. The van der Waals surface area contributed by atoms with Gasteiger partial charge in [-0.3, -0.25) is 14.4 Å². The van der Waals surface area contributed by atoms with Crippen molar-refractivity contribution in [3.63, 3.8) is 0 Å². The Balaban J connectivity index is 1.18. The topological polar surface area (TPSA) is 79.2 Å². The average Bonchev–Trinajstić information content (AvgIpc) is 3.29. The van der Waals surface area contributed by atoms with E-state index in [9.17, 15) is 13.6 Å². The molecule has 2 fully saturated rings. The second kappa shape index (κ2) is 7.84. The molecule has 5 rings (SSSR count). The Morgan fingerprint density at radius 2 is 2.06 bits per heavy atom. The van der Waals surface area contributed by atoms with Crippen molar-refractivity contribution in [3.05, 3.63) is 42.2 Å². The molecule has 2 aromatic heterocycles. The molecule has 1 amide bonds. The normalized spacial score (nSPS) is 19.7. The van der Waals surface area contributed by atoms with Crippen LogP contribution >= 0.6 is 0 Å². The lowest BCUT2D eigenvalue weighted by molar-refractivity contribution is 0.102. The van der Waals surface area contributed by atoms with Crippen LogP contribution in [0, 0.1) is 11.7 Å². The largest absolute Gasteiger partial charge is 0.355 e. The molecule has 1 unspecified atom stereocenters. The molecule has 31 heavy (non-hydrogen) atoms. The summed E-state index contributed by atoms with van der Waals surface area (Å²) < 4.78 is 29.0. The van der Waals surface area contributed by atoms with E-state index in [-0.39, 0.29) is 11.2 Å². The summed E-state index contributed by atoms with van der Waals surface area (Å²) in [6.07, 6.45) is 4.62. The summed E-state index contributed by atoms with van der Waals surface area (Å²) in [6, 6.07) is 2.90. The fourth-order valence-corrected chi connectivity index (χ4v) is 4.27. The Bertz CT molecular complexity index is 1110. The number of likely N-dealkylation sites (tertiary alicyclic amines) is 1. The van der Waals surface area contributed by atoms with Crippen LogP contribution in [0.1, 0.15) is 16.9 Å². The van der Waals surface area contributed by atoms with Gasteiger partial charge >= 0.3 is 0 Å². The minimum Gasteiger partial charge on any atom is -0.355 e. The molecule has 2 saturated heterocycles. The van der Waals surface area contributed by atoms with Crippen molar-refractivity contribution in [2.45, 2.75) is 12.6 Å².